The first-order chi connectivity index (χ1) is 12.9. The van der Waals surface area contributed by atoms with Crippen LogP contribution in [0.1, 0.15) is 11.5 Å². The normalized spacial score (nSPS) is 15.9. The zero-order chi connectivity index (χ0) is 19.4. The number of hydrogen-bond acceptors (Lipinski definition) is 6. The van der Waals surface area contributed by atoms with Gasteiger partial charge in [0.1, 0.15) is 6.61 Å². The lowest BCUT2D eigenvalue weighted by Gasteiger charge is -2.33. The molecule has 0 aliphatic carbocycles. The Labute approximate surface area is 153 Å². The fraction of sp³-hybridized carbons (Fsp3) is 0.471. The van der Waals surface area contributed by atoms with Crippen LogP contribution in [0, 0.1) is 0 Å². The number of amides is 1. The first-order valence-corrected chi connectivity index (χ1v) is 8.36. The standard InChI is InChI=1S/C17H19F3N4O3/c1-26-11-15(25)24-7-5-23(6-8-24)10-14-21-16(22-27-14)12-3-2-4-13(9-12)17(18,19)20/h2-4,9H,5-8,10-11H2,1H3. The van der Waals surface area contributed by atoms with Crippen LogP contribution in [-0.2, 0) is 22.3 Å². The molecule has 3 rings (SSSR count). The summed E-state index contributed by atoms with van der Waals surface area (Å²) in [5.41, 5.74) is -0.516. The highest BCUT2D eigenvalue weighted by Crippen LogP contribution is 2.31. The molecule has 0 unspecified atom stereocenters. The third kappa shape index (κ3) is 4.83. The molecule has 1 saturated heterocycles. The van der Waals surface area contributed by atoms with Crippen LogP contribution in [0.3, 0.4) is 0 Å². The summed E-state index contributed by atoms with van der Waals surface area (Å²) in [6.45, 7) is 2.84. The molecule has 10 heteroatoms. The SMILES string of the molecule is COCC(=O)N1CCN(Cc2nc(-c3cccc(C(F)(F)F)c3)no2)CC1. The molecule has 1 aliphatic heterocycles. The van der Waals surface area contributed by atoms with Crippen LogP contribution in [0.15, 0.2) is 28.8 Å². The summed E-state index contributed by atoms with van der Waals surface area (Å²) in [5.74, 6) is 0.380. The Balaban J connectivity index is 1.60. The fourth-order valence-corrected chi connectivity index (χ4v) is 2.83. The van der Waals surface area contributed by atoms with Crippen molar-refractivity contribution in [3.8, 4) is 11.4 Å². The molecule has 1 amide bonds. The number of ether oxygens (including phenoxy) is 1. The van der Waals surface area contributed by atoms with Crippen LogP contribution in [0.25, 0.3) is 11.4 Å². The Morgan fingerprint density at radius 1 is 1.26 bits per heavy atom. The smallest absolute Gasteiger partial charge is 0.375 e. The predicted octanol–water partition coefficient (Wildman–Crippen LogP) is 2.05. The lowest BCUT2D eigenvalue weighted by Crippen LogP contribution is -2.49. The Morgan fingerprint density at radius 3 is 2.67 bits per heavy atom. The van der Waals surface area contributed by atoms with Crippen molar-refractivity contribution in [2.45, 2.75) is 12.7 Å². The van der Waals surface area contributed by atoms with Crippen LogP contribution >= 0.6 is 0 Å². The summed E-state index contributed by atoms with van der Waals surface area (Å²) in [6.07, 6.45) is -4.43. The number of rotatable bonds is 5. The van der Waals surface area contributed by atoms with Gasteiger partial charge < -0.3 is 14.2 Å². The van der Waals surface area contributed by atoms with Crippen LogP contribution < -0.4 is 0 Å². The third-order valence-electron chi connectivity index (χ3n) is 4.27. The second-order valence-electron chi connectivity index (χ2n) is 6.18. The van der Waals surface area contributed by atoms with Crippen LogP contribution in [0.5, 0.6) is 0 Å². The summed E-state index contributed by atoms with van der Waals surface area (Å²) in [6, 6.07) is 4.80. The summed E-state index contributed by atoms with van der Waals surface area (Å²) in [5, 5.41) is 3.78. The molecular formula is C17H19F3N4O3. The lowest BCUT2D eigenvalue weighted by molar-refractivity contribution is -0.138. The van der Waals surface area contributed by atoms with E-state index < -0.39 is 11.7 Å². The Morgan fingerprint density at radius 2 is 2.00 bits per heavy atom. The number of alkyl halides is 3. The van der Waals surface area contributed by atoms with E-state index in [1.165, 1.54) is 19.2 Å². The molecule has 146 valence electrons. The maximum Gasteiger partial charge on any atom is 0.416 e. The molecule has 1 fully saturated rings. The van der Waals surface area contributed by atoms with E-state index in [0.717, 1.165) is 12.1 Å². The number of nitrogens with zero attached hydrogens (tertiary/aromatic N) is 4. The molecule has 0 N–H and O–H groups in total. The van der Waals surface area contributed by atoms with E-state index in [0.29, 0.717) is 38.6 Å². The number of hydrogen-bond donors (Lipinski definition) is 0. The van der Waals surface area contributed by atoms with E-state index in [2.05, 4.69) is 10.1 Å². The zero-order valence-corrected chi connectivity index (χ0v) is 14.7. The number of carbonyl (C=O) groups is 1. The molecule has 7 nitrogen and oxygen atoms in total. The van der Waals surface area contributed by atoms with Gasteiger partial charge >= 0.3 is 6.18 Å². The number of carbonyl (C=O) groups excluding carboxylic acids is 1. The van der Waals surface area contributed by atoms with Crippen molar-refractivity contribution in [2.24, 2.45) is 0 Å². The van der Waals surface area contributed by atoms with Crippen molar-refractivity contribution in [3.63, 3.8) is 0 Å². The second-order valence-corrected chi connectivity index (χ2v) is 6.18. The topological polar surface area (TPSA) is 71.7 Å². The summed E-state index contributed by atoms with van der Waals surface area (Å²) < 4.78 is 48.5. The van der Waals surface area contributed by atoms with E-state index in [4.69, 9.17) is 9.26 Å². The van der Waals surface area contributed by atoms with Crippen molar-refractivity contribution in [1.29, 1.82) is 0 Å². The van der Waals surface area contributed by atoms with Gasteiger partial charge in [0.05, 0.1) is 12.1 Å². The van der Waals surface area contributed by atoms with Crippen molar-refractivity contribution >= 4 is 5.91 Å². The molecule has 0 spiro atoms. The average Bonchev–Trinajstić information content (AvgIpc) is 3.10. The van der Waals surface area contributed by atoms with Crippen LogP contribution in [0.4, 0.5) is 13.2 Å². The van der Waals surface area contributed by atoms with Gasteiger partial charge in [-0.2, -0.15) is 18.2 Å². The predicted molar refractivity (Wildman–Crippen MR) is 88.5 cm³/mol. The Hall–Kier alpha value is -2.46. The largest absolute Gasteiger partial charge is 0.416 e. The first kappa shape index (κ1) is 19.3. The molecule has 2 heterocycles. The summed E-state index contributed by atoms with van der Waals surface area (Å²) in [7, 11) is 1.48. The van der Waals surface area contributed by atoms with Crippen molar-refractivity contribution in [3.05, 3.63) is 35.7 Å². The third-order valence-corrected chi connectivity index (χ3v) is 4.27. The number of halogens is 3. The maximum atomic E-state index is 12.8. The van der Waals surface area contributed by atoms with Crippen molar-refractivity contribution in [2.75, 3.05) is 39.9 Å². The van der Waals surface area contributed by atoms with Gasteiger partial charge in [-0.15, -0.1) is 0 Å². The van der Waals surface area contributed by atoms with E-state index in [1.807, 2.05) is 4.90 Å². The molecule has 1 aromatic carbocycles. The molecule has 27 heavy (non-hydrogen) atoms. The van der Waals surface area contributed by atoms with E-state index >= 15 is 0 Å². The highest BCUT2D eigenvalue weighted by Gasteiger charge is 2.31. The van der Waals surface area contributed by atoms with Gasteiger partial charge in [-0.3, -0.25) is 9.69 Å². The highest BCUT2D eigenvalue weighted by molar-refractivity contribution is 5.77. The van der Waals surface area contributed by atoms with Gasteiger partial charge in [0.25, 0.3) is 0 Å². The second kappa shape index (κ2) is 8.05. The minimum absolute atomic E-state index is 0.0539. The highest BCUT2D eigenvalue weighted by atomic mass is 19.4. The number of aromatic nitrogens is 2. The quantitative estimate of drug-likeness (QED) is 0.786. The van der Waals surface area contributed by atoms with Gasteiger partial charge in [0.15, 0.2) is 0 Å². The number of benzene rings is 1. The maximum absolute atomic E-state index is 12.8. The van der Waals surface area contributed by atoms with Crippen molar-refractivity contribution < 1.29 is 27.2 Å². The lowest BCUT2D eigenvalue weighted by atomic mass is 10.1. The van der Waals surface area contributed by atoms with Gasteiger partial charge in [0, 0.05) is 38.9 Å². The molecule has 2 aromatic rings. The van der Waals surface area contributed by atoms with Crippen LogP contribution in [-0.4, -0.2) is 65.7 Å². The summed E-state index contributed by atoms with van der Waals surface area (Å²) >= 11 is 0. The molecule has 0 atom stereocenters. The monoisotopic (exact) mass is 384 g/mol. The van der Waals surface area contributed by atoms with Gasteiger partial charge in [-0.25, -0.2) is 0 Å². The van der Waals surface area contributed by atoms with Gasteiger partial charge in [0.2, 0.25) is 17.6 Å². The fourth-order valence-electron chi connectivity index (χ4n) is 2.83. The van der Waals surface area contributed by atoms with E-state index in [1.54, 1.807) is 4.90 Å². The van der Waals surface area contributed by atoms with E-state index in [-0.39, 0.29) is 23.9 Å². The zero-order valence-electron chi connectivity index (χ0n) is 14.7. The number of methoxy groups -OCH3 is 1. The molecule has 1 aromatic heterocycles. The van der Waals surface area contributed by atoms with E-state index in [9.17, 15) is 18.0 Å². The molecule has 0 radical (unpaired) electrons. The molecular weight excluding hydrogens is 365 g/mol. The first-order valence-electron chi connectivity index (χ1n) is 8.36. The summed E-state index contributed by atoms with van der Waals surface area (Å²) in [4.78, 5) is 19.7. The van der Waals surface area contributed by atoms with Gasteiger partial charge in [-0.05, 0) is 12.1 Å². The molecule has 0 bridgehead atoms. The van der Waals surface area contributed by atoms with Crippen LogP contribution in [0.2, 0.25) is 0 Å². The minimum Gasteiger partial charge on any atom is -0.375 e. The van der Waals surface area contributed by atoms with Crippen molar-refractivity contribution in [1.82, 2.24) is 19.9 Å². The Kier molecular flexibility index (Phi) is 5.76. The number of piperazine rings is 1. The molecule has 1 aliphatic rings. The Bertz CT molecular complexity index is 786. The van der Waals surface area contributed by atoms with Gasteiger partial charge in [-0.1, -0.05) is 17.3 Å². The minimum atomic E-state index is -4.43. The average molecular weight is 384 g/mol. The molecule has 0 saturated carbocycles.